The number of aliphatic carboxylic acids is 1. The van der Waals surface area contributed by atoms with Crippen LogP contribution in [0.4, 0.5) is 4.39 Å². The van der Waals surface area contributed by atoms with E-state index in [0.717, 1.165) is 5.69 Å². The summed E-state index contributed by atoms with van der Waals surface area (Å²) in [6.07, 6.45) is 3.71. The zero-order valence-electron chi connectivity index (χ0n) is 15.6. The molecule has 0 spiro atoms. The van der Waals surface area contributed by atoms with E-state index in [-0.39, 0.29) is 11.0 Å². The molecule has 0 aliphatic heterocycles. The zero-order valence-corrected chi connectivity index (χ0v) is 17.9. The third-order valence-corrected chi connectivity index (χ3v) is 6.32. The minimum atomic E-state index is -0.935. The summed E-state index contributed by atoms with van der Waals surface area (Å²) < 4.78 is 18.6. The first-order valence-electron chi connectivity index (χ1n) is 8.52. The first-order chi connectivity index (χ1) is 13.7. The molecule has 0 atom stereocenters. The molecule has 0 saturated carbocycles. The number of benzene rings is 1. The van der Waals surface area contributed by atoms with Crippen LogP contribution in [0.25, 0.3) is 11.1 Å². The third kappa shape index (κ3) is 5.65. The molecule has 2 aromatic heterocycles. The van der Waals surface area contributed by atoms with Crippen LogP contribution in [0.1, 0.15) is 19.5 Å². The number of carboxylic acids is 1. The Balaban J connectivity index is 1.53. The second-order valence-corrected chi connectivity index (χ2v) is 9.64. The fraction of sp³-hybridized carbons (Fsp3) is 0.263. The summed E-state index contributed by atoms with van der Waals surface area (Å²) in [7, 11) is 0. The van der Waals surface area contributed by atoms with Gasteiger partial charge in [-0.15, -0.1) is 11.3 Å². The number of halogens is 2. The minimum Gasteiger partial charge on any atom is -0.480 e. The molecule has 0 unspecified atom stereocenters. The smallest absolute Gasteiger partial charge is 0.319 e. The van der Waals surface area contributed by atoms with Crippen LogP contribution in [0.3, 0.4) is 0 Å². The normalized spacial score (nSPS) is 11.4. The first-order valence-corrected chi connectivity index (χ1v) is 10.6. The van der Waals surface area contributed by atoms with Crippen molar-refractivity contribution < 1.29 is 19.0 Å². The number of hydrogen-bond acceptors (Lipinski definition) is 7. The molecule has 3 aromatic rings. The Morgan fingerprint density at radius 3 is 2.69 bits per heavy atom. The number of ether oxygens (including phenoxy) is 1. The summed E-state index contributed by atoms with van der Waals surface area (Å²) in [5.74, 6) is -1.36. The molecule has 0 aliphatic rings. The molecule has 1 aromatic carbocycles. The zero-order chi connectivity index (χ0) is 21.0. The maximum atomic E-state index is 13.3. The standard InChI is InChI=1S/C19H17ClFN3O3S2/c1-19(2,16(25)26)29-18-24-13(10-28-18)5-6-27-17-22-8-12(9-23-17)11-3-4-15(21)14(20)7-11/h3-4,7-10H,5-6H2,1-2H3,(H,25,26). The number of thioether (sulfide) groups is 1. The van der Waals surface area contributed by atoms with Crippen molar-refractivity contribution in [1.82, 2.24) is 15.0 Å². The molecule has 0 amide bonds. The summed E-state index contributed by atoms with van der Waals surface area (Å²) in [6, 6.07) is 4.63. The molecular formula is C19H17ClFN3O3S2. The molecule has 6 nitrogen and oxygen atoms in total. The molecule has 0 aliphatic carbocycles. The Morgan fingerprint density at radius 1 is 1.31 bits per heavy atom. The molecule has 0 radical (unpaired) electrons. The molecule has 29 heavy (non-hydrogen) atoms. The SMILES string of the molecule is CC(C)(Sc1nc(CCOc2ncc(-c3ccc(F)c(Cl)c3)cn2)cs1)C(=O)O. The minimum absolute atomic E-state index is 0.0374. The Labute approximate surface area is 180 Å². The van der Waals surface area contributed by atoms with Crippen LogP contribution in [0.5, 0.6) is 6.01 Å². The maximum Gasteiger partial charge on any atom is 0.319 e. The van der Waals surface area contributed by atoms with Gasteiger partial charge < -0.3 is 9.84 Å². The van der Waals surface area contributed by atoms with Gasteiger partial charge in [0.15, 0.2) is 4.34 Å². The van der Waals surface area contributed by atoms with Gasteiger partial charge in [-0.2, -0.15) is 0 Å². The van der Waals surface area contributed by atoms with E-state index in [1.807, 2.05) is 5.38 Å². The number of carboxylic acid groups (broad SMARTS) is 1. The predicted octanol–water partition coefficient (Wildman–Crippen LogP) is 4.97. The van der Waals surface area contributed by atoms with Crippen molar-refractivity contribution in [1.29, 1.82) is 0 Å². The van der Waals surface area contributed by atoms with Crippen molar-refractivity contribution in [3.05, 3.63) is 52.5 Å². The lowest BCUT2D eigenvalue weighted by molar-refractivity contribution is -0.138. The van der Waals surface area contributed by atoms with Gasteiger partial charge in [0, 0.05) is 29.8 Å². The van der Waals surface area contributed by atoms with Crippen molar-refractivity contribution >= 4 is 40.7 Å². The van der Waals surface area contributed by atoms with E-state index in [2.05, 4.69) is 15.0 Å². The molecule has 10 heteroatoms. The molecular weight excluding hydrogens is 437 g/mol. The van der Waals surface area contributed by atoms with E-state index in [4.69, 9.17) is 16.3 Å². The highest BCUT2D eigenvalue weighted by Crippen LogP contribution is 2.34. The Bertz CT molecular complexity index is 1010. The summed E-state index contributed by atoms with van der Waals surface area (Å²) in [5.41, 5.74) is 2.22. The Morgan fingerprint density at radius 2 is 2.03 bits per heavy atom. The van der Waals surface area contributed by atoms with Crippen LogP contribution in [0, 0.1) is 5.82 Å². The monoisotopic (exact) mass is 453 g/mol. The van der Waals surface area contributed by atoms with Gasteiger partial charge in [0.2, 0.25) is 0 Å². The highest BCUT2D eigenvalue weighted by Gasteiger charge is 2.29. The van der Waals surface area contributed by atoms with Crippen molar-refractivity contribution in [2.75, 3.05) is 6.61 Å². The molecule has 2 heterocycles. The molecule has 152 valence electrons. The predicted molar refractivity (Wildman–Crippen MR) is 111 cm³/mol. The van der Waals surface area contributed by atoms with Gasteiger partial charge in [0.1, 0.15) is 10.6 Å². The average molecular weight is 454 g/mol. The number of hydrogen-bond donors (Lipinski definition) is 1. The second-order valence-electron chi connectivity index (χ2n) is 6.50. The fourth-order valence-corrected chi connectivity index (χ4v) is 4.58. The molecule has 0 fully saturated rings. The van der Waals surface area contributed by atoms with Crippen molar-refractivity contribution in [2.45, 2.75) is 29.4 Å². The van der Waals surface area contributed by atoms with E-state index >= 15 is 0 Å². The van der Waals surface area contributed by atoms with Gasteiger partial charge in [0.05, 0.1) is 17.3 Å². The van der Waals surface area contributed by atoms with Gasteiger partial charge in [-0.1, -0.05) is 29.4 Å². The maximum absolute atomic E-state index is 13.3. The van der Waals surface area contributed by atoms with Gasteiger partial charge in [-0.25, -0.2) is 19.3 Å². The van der Waals surface area contributed by atoms with E-state index < -0.39 is 16.5 Å². The van der Waals surface area contributed by atoms with Crippen LogP contribution in [-0.2, 0) is 11.2 Å². The van der Waals surface area contributed by atoms with E-state index in [1.54, 1.807) is 32.3 Å². The highest BCUT2D eigenvalue weighted by molar-refractivity contribution is 8.02. The molecule has 0 saturated heterocycles. The van der Waals surface area contributed by atoms with Gasteiger partial charge in [-0.3, -0.25) is 4.79 Å². The van der Waals surface area contributed by atoms with Crippen molar-refractivity contribution in [2.24, 2.45) is 0 Å². The highest BCUT2D eigenvalue weighted by atomic mass is 35.5. The van der Waals surface area contributed by atoms with Gasteiger partial charge in [-0.05, 0) is 31.5 Å². The summed E-state index contributed by atoms with van der Waals surface area (Å²) in [5, 5.41) is 11.1. The third-order valence-electron chi connectivity index (χ3n) is 3.86. The van der Waals surface area contributed by atoms with Crippen molar-refractivity contribution in [3.8, 4) is 17.1 Å². The summed E-state index contributed by atoms with van der Waals surface area (Å²) >= 11 is 8.42. The van der Waals surface area contributed by atoms with Crippen LogP contribution in [-0.4, -0.2) is 37.4 Å². The van der Waals surface area contributed by atoms with E-state index in [0.29, 0.717) is 28.5 Å². The number of rotatable bonds is 8. The number of thiazole rings is 1. The number of nitrogens with zero attached hydrogens (tertiary/aromatic N) is 3. The molecule has 1 N–H and O–H groups in total. The Kier molecular flexibility index (Phi) is 6.71. The Hall–Kier alpha value is -2.23. The van der Waals surface area contributed by atoms with Crippen LogP contribution >= 0.6 is 34.7 Å². The topological polar surface area (TPSA) is 85.2 Å². The van der Waals surface area contributed by atoms with Crippen molar-refractivity contribution in [3.63, 3.8) is 0 Å². The molecule has 3 rings (SSSR count). The lowest BCUT2D eigenvalue weighted by Crippen LogP contribution is -2.26. The molecule has 0 bridgehead atoms. The largest absolute Gasteiger partial charge is 0.480 e. The van der Waals surface area contributed by atoms with Crippen LogP contribution < -0.4 is 4.74 Å². The summed E-state index contributed by atoms with van der Waals surface area (Å²) in [4.78, 5) is 23.9. The van der Waals surface area contributed by atoms with Gasteiger partial charge >= 0.3 is 12.0 Å². The second kappa shape index (κ2) is 9.06. The van der Waals surface area contributed by atoms with Crippen LogP contribution in [0.2, 0.25) is 5.02 Å². The van der Waals surface area contributed by atoms with E-state index in [9.17, 15) is 14.3 Å². The lowest BCUT2D eigenvalue weighted by Gasteiger charge is -2.15. The van der Waals surface area contributed by atoms with Crippen LogP contribution in [0.15, 0.2) is 40.3 Å². The van der Waals surface area contributed by atoms with Gasteiger partial charge in [0.25, 0.3) is 0 Å². The number of carbonyl (C=O) groups is 1. The quantitative estimate of drug-likeness (QED) is 0.482. The number of aromatic nitrogens is 3. The lowest BCUT2D eigenvalue weighted by atomic mass is 10.1. The average Bonchev–Trinajstić information content (AvgIpc) is 3.11. The fourth-order valence-electron chi connectivity index (χ4n) is 2.17. The van der Waals surface area contributed by atoms with E-state index in [1.165, 1.54) is 35.2 Å². The summed E-state index contributed by atoms with van der Waals surface area (Å²) in [6.45, 7) is 3.62. The first kappa shape index (κ1) is 21.5.